The van der Waals surface area contributed by atoms with Crippen molar-refractivity contribution in [2.75, 3.05) is 46.8 Å². The predicted octanol–water partition coefficient (Wildman–Crippen LogP) is 5.50. The van der Waals surface area contributed by atoms with Crippen LogP contribution in [0.4, 0.5) is 0 Å². The average molecular weight is 419 g/mol. The van der Waals surface area contributed by atoms with E-state index in [1.165, 1.54) is 0 Å². The van der Waals surface area contributed by atoms with Crippen molar-refractivity contribution in [2.45, 2.75) is 98.9 Å². The second kappa shape index (κ2) is 14.0. The molecule has 0 aliphatic carbocycles. The molecule has 0 amide bonds. The van der Waals surface area contributed by atoms with Crippen molar-refractivity contribution in [1.29, 1.82) is 0 Å². The van der Waals surface area contributed by atoms with Gasteiger partial charge in [0.2, 0.25) is 0 Å². The van der Waals surface area contributed by atoms with Gasteiger partial charge in [-0.1, -0.05) is 13.8 Å². The monoisotopic (exact) mass is 418 g/mol. The van der Waals surface area contributed by atoms with E-state index < -0.39 is 0 Å². The van der Waals surface area contributed by atoms with Gasteiger partial charge in [0.05, 0.1) is 37.1 Å². The van der Waals surface area contributed by atoms with Gasteiger partial charge in [-0.15, -0.1) is 0 Å². The van der Waals surface area contributed by atoms with Crippen LogP contribution in [0.5, 0.6) is 0 Å². The van der Waals surface area contributed by atoms with Gasteiger partial charge in [-0.2, -0.15) is 0 Å². The molecular formula is C24H50O5. The molecule has 29 heavy (non-hydrogen) atoms. The van der Waals surface area contributed by atoms with E-state index in [9.17, 15) is 0 Å². The maximum absolute atomic E-state index is 6.44. The zero-order valence-corrected chi connectivity index (χ0v) is 21.1. The molecule has 0 rings (SSSR count). The molecule has 0 aromatic rings. The summed E-state index contributed by atoms with van der Waals surface area (Å²) in [5.41, 5.74) is -0.826. The van der Waals surface area contributed by atoms with E-state index in [0.29, 0.717) is 39.0 Å². The summed E-state index contributed by atoms with van der Waals surface area (Å²) in [6.07, 6.45) is 2.86. The van der Waals surface area contributed by atoms with Gasteiger partial charge < -0.3 is 23.7 Å². The molecule has 0 spiro atoms. The van der Waals surface area contributed by atoms with Gasteiger partial charge in [0.25, 0.3) is 0 Å². The van der Waals surface area contributed by atoms with Crippen LogP contribution in [0.15, 0.2) is 0 Å². The minimum absolute atomic E-state index is 0.154. The van der Waals surface area contributed by atoms with Crippen molar-refractivity contribution in [3.63, 3.8) is 0 Å². The zero-order chi connectivity index (χ0) is 22.6. The highest BCUT2D eigenvalue weighted by Gasteiger charge is 2.40. The molecule has 0 aliphatic rings. The van der Waals surface area contributed by atoms with Crippen LogP contribution in [0.1, 0.15) is 81.6 Å². The van der Waals surface area contributed by atoms with Gasteiger partial charge >= 0.3 is 0 Å². The Kier molecular flexibility index (Phi) is 13.9. The van der Waals surface area contributed by atoms with Crippen LogP contribution in [0.25, 0.3) is 0 Å². The van der Waals surface area contributed by atoms with E-state index in [1.54, 1.807) is 7.11 Å². The van der Waals surface area contributed by atoms with E-state index in [-0.39, 0.29) is 22.7 Å². The minimum Gasteiger partial charge on any atom is -0.385 e. The standard InChI is InChI=1S/C24H50O5/c1-11-28-23(8,9)16-24(18-27-21(4)5,17-26-14-12-20(2)3)19-29-22(6,7)13-15-25-10/h20-21H,11-19H2,1-10H3. The fraction of sp³-hybridized carbons (Fsp3) is 1.00. The number of hydrogen-bond acceptors (Lipinski definition) is 5. The van der Waals surface area contributed by atoms with Crippen LogP contribution < -0.4 is 0 Å². The molecule has 1 unspecified atom stereocenters. The summed E-state index contributed by atoms with van der Waals surface area (Å²) in [4.78, 5) is 0. The Bertz CT molecular complexity index is 406. The molecule has 0 radical (unpaired) electrons. The number of rotatable bonds is 18. The third-order valence-corrected chi connectivity index (χ3v) is 4.98. The number of hydrogen-bond donors (Lipinski definition) is 0. The van der Waals surface area contributed by atoms with Gasteiger partial charge in [0.15, 0.2) is 0 Å². The first kappa shape index (κ1) is 28.8. The Morgan fingerprint density at radius 1 is 0.793 bits per heavy atom. The highest BCUT2D eigenvalue weighted by Crippen LogP contribution is 2.35. The molecule has 0 aromatic carbocycles. The van der Waals surface area contributed by atoms with Crippen molar-refractivity contribution in [1.82, 2.24) is 0 Å². The second-order valence-electron chi connectivity index (χ2n) is 10.3. The minimum atomic E-state index is -0.281. The molecule has 0 aromatic heterocycles. The van der Waals surface area contributed by atoms with Crippen molar-refractivity contribution >= 4 is 0 Å². The lowest BCUT2D eigenvalue weighted by Gasteiger charge is -2.41. The van der Waals surface area contributed by atoms with Crippen LogP contribution in [0.3, 0.4) is 0 Å². The highest BCUT2D eigenvalue weighted by atomic mass is 16.5. The van der Waals surface area contributed by atoms with E-state index in [2.05, 4.69) is 55.4 Å². The third-order valence-electron chi connectivity index (χ3n) is 4.98. The van der Waals surface area contributed by atoms with E-state index in [1.807, 2.05) is 6.92 Å². The Labute approximate surface area is 181 Å². The third kappa shape index (κ3) is 14.4. The van der Waals surface area contributed by atoms with Crippen LogP contribution in [0, 0.1) is 11.3 Å². The molecule has 5 heteroatoms. The lowest BCUT2D eigenvalue weighted by Crippen LogP contribution is -2.46. The summed E-state index contributed by atoms with van der Waals surface area (Å²) in [6.45, 7) is 23.0. The normalized spacial score (nSPS) is 15.3. The summed E-state index contributed by atoms with van der Waals surface area (Å²) in [5, 5.41) is 0. The summed E-state index contributed by atoms with van der Waals surface area (Å²) >= 11 is 0. The fourth-order valence-corrected chi connectivity index (χ4v) is 3.34. The molecule has 176 valence electrons. The van der Waals surface area contributed by atoms with Crippen LogP contribution in [-0.2, 0) is 23.7 Å². The molecule has 0 saturated heterocycles. The Hall–Kier alpha value is -0.200. The fourth-order valence-electron chi connectivity index (χ4n) is 3.34. The van der Waals surface area contributed by atoms with Crippen molar-refractivity contribution < 1.29 is 23.7 Å². The Morgan fingerprint density at radius 3 is 1.97 bits per heavy atom. The van der Waals surface area contributed by atoms with Gasteiger partial charge in [-0.25, -0.2) is 0 Å². The molecule has 1 atom stereocenters. The quantitative estimate of drug-likeness (QED) is 0.275. The van der Waals surface area contributed by atoms with Crippen molar-refractivity contribution in [3.8, 4) is 0 Å². The van der Waals surface area contributed by atoms with Gasteiger partial charge in [-0.3, -0.25) is 0 Å². The lowest BCUT2D eigenvalue weighted by atomic mass is 9.79. The maximum atomic E-state index is 6.44. The lowest BCUT2D eigenvalue weighted by molar-refractivity contribution is -0.153. The van der Waals surface area contributed by atoms with E-state index in [4.69, 9.17) is 23.7 Å². The van der Waals surface area contributed by atoms with Crippen molar-refractivity contribution in [3.05, 3.63) is 0 Å². The first-order valence-corrected chi connectivity index (χ1v) is 11.3. The second-order valence-corrected chi connectivity index (χ2v) is 10.3. The molecular weight excluding hydrogens is 368 g/mol. The number of ether oxygens (including phenoxy) is 5. The van der Waals surface area contributed by atoms with Gasteiger partial charge in [-0.05, 0) is 73.6 Å². The summed E-state index contributed by atoms with van der Waals surface area (Å²) in [7, 11) is 1.73. The van der Waals surface area contributed by atoms with Gasteiger partial charge in [0.1, 0.15) is 0 Å². The van der Waals surface area contributed by atoms with Crippen LogP contribution in [-0.4, -0.2) is 64.1 Å². The van der Waals surface area contributed by atoms with E-state index in [0.717, 1.165) is 25.9 Å². The summed E-state index contributed by atoms with van der Waals surface area (Å²) < 4.78 is 30.0. The molecule has 0 N–H and O–H groups in total. The molecule has 0 heterocycles. The first-order chi connectivity index (χ1) is 13.4. The number of methoxy groups -OCH3 is 1. The van der Waals surface area contributed by atoms with E-state index >= 15 is 0 Å². The highest BCUT2D eigenvalue weighted by molar-refractivity contribution is 4.88. The predicted molar refractivity (Wildman–Crippen MR) is 121 cm³/mol. The van der Waals surface area contributed by atoms with Crippen LogP contribution in [0.2, 0.25) is 0 Å². The average Bonchev–Trinajstić information content (AvgIpc) is 2.60. The van der Waals surface area contributed by atoms with Crippen molar-refractivity contribution in [2.24, 2.45) is 11.3 Å². The molecule has 0 saturated carbocycles. The first-order valence-electron chi connectivity index (χ1n) is 11.3. The Balaban J connectivity index is 5.43. The van der Waals surface area contributed by atoms with Crippen LogP contribution >= 0.6 is 0 Å². The maximum Gasteiger partial charge on any atom is 0.0648 e. The zero-order valence-electron chi connectivity index (χ0n) is 21.1. The largest absolute Gasteiger partial charge is 0.385 e. The smallest absolute Gasteiger partial charge is 0.0648 e. The molecule has 0 bridgehead atoms. The molecule has 0 fully saturated rings. The summed E-state index contributed by atoms with van der Waals surface area (Å²) in [5.74, 6) is 0.625. The summed E-state index contributed by atoms with van der Waals surface area (Å²) in [6, 6.07) is 0. The topological polar surface area (TPSA) is 46.2 Å². The molecule has 5 nitrogen and oxygen atoms in total. The van der Waals surface area contributed by atoms with Gasteiger partial charge in [0, 0.05) is 32.3 Å². The SMILES string of the molecule is CCOC(C)(C)CC(COCCC(C)C)(COC(C)C)COC(C)(C)CCOC. The molecule has 0 aliphatic heterocycles. The Morgan fingerprint density at radius 2 is 1.45 bits per heavy atom.